The first kappa shape index (κ1) is 34.4. The zero-order valence-electron chi connectivity index (χ0n) is 22.6. The molecule has 10 nitrogen and oxygen atoms in total. The minimum absolute atomic E-state index is 0.345. The molecule has 0 saturated heterocycles. The van der Waals surface area contributed by atoms with Gasteiger partial charge in [-0.2, -0.15) is 0 Å². The number of alkyl carbamates (subject to hydrolysis) is 2. The van der Waals surface area contributed by atoms with Crippen molar-refractivity contribution >= 4 is 24.7 Å². The van der Waals surface area contributed by atoms with Crippen LogP contribution in [0.5, 0.6) is 0 Å². The summed E-state index contributed by atoms with van der Waals surface area (Å²) in [4.78, 5) is 46.8. The van der Waals surface area contributed by atoms with Crippen LogP contribution in [-0.4, -0.2) is 64.2 Å². The van der Waals surface area contributed by atoms with Crippen LogP contribution in [0, 0.1) is 0 Å². The molecule has 0 atom stereocenters. The van der Waals surface area contributed by atoms with Crippen molar-refractivity contribution in [1.29, 1.82) is 0 Å². The lowest BCUT2D eigenvalue weighted by atomic mass is 10.1. The number of carbonyl (C=O) groups is 3. The van der Waals surface area contributed by atoms with E-state index < -0.39 is 0 Å². The van der Waals surface area contributed by atoms with Crippen molar-refractivity contribution < 1.29 is 33.4 Å². The van der Waals surface area contributed by atoms with Crippen LogP contribution in [0.4, 0.5) is 9.59 Å². The van der Waals surface area contributed by atoms with Crippen LogP contribution in [0.3, 0.4) is 0 Å². The summed E-state index contributed by atoms with van der Waals surface area (Å²) in [6, 6.07) is 0. The van der Waals surface area contributed by atoms with Gasteiger partial charge in [0, 0.05) is 13.1 Å². The highest BCUT2D eigenvalue weighted by Gasteiger charge is 2.02. The second-order valence-electron chi connectivity index (χ2n) is 9.08. The van der Waals surface area contributed by atoms with Gasteiger partial charge in [0.1, 0.15) is 0 Å². The number of isocyanates is 1. The number of nitrogens with one attached hydrogen (secondary N) is 2. The summed E-state index contributed by atoms with van der Waals surface area (Å²) in [5, 5.41) is 5.56. The highest BCUT2D eigenvalue weighted by molar-refractivity contribution is 5.67. The topological polar surface area (TPSA) is 132 Å². The van der Waals surface area contributed by atoms with E-state index in [0.717, 1.165) is 109 Å². The average molecular weight is 528 g/mol. The molecule has 0 aliphatic carbocycles. The van der Waals surface area contributed by atoms with E-state index in [9.17, 15) is 19.2 Å². The second-order valence-corrected chi connectivity index (χ2v) is 9.08. The Bertz CT molecular complexity index is 599. The van der Waals surface area contributed by atoms with Crippen molar-refractivity contribution in [2.24, 2.45) is 4.99 Å². The van der Waals surface area contributed by atoms with E-state index in [1.54, 1.807) is 0 Å². The van der Waals surface area contributed by atoms with Gasteiger partial charge < -0.3 is 24.8 Å². The normalized spacial score (nSPS) is 10.3. The Kier molecular flexibility index (Phi) is 27.5. The molecule has 37 heavy (non-hydrogen) atoms. The molecule has 0 radical (unpaired) electrons. The highest BCUT2D eigenvalue weighted by Crippen LogP contribution is 2.08. The number of nitrogens with zero attached hydrogens (tertiary/aromatic N) is 1. The van der Waals surface area contributed by atoms with Crippen LogP contribution < -0.4 is 10.6 Å². The fourth-order valence-corrected chi connectivity index (χ4v) is 3.68. The van der Waals surface area contributed by atoms with Gasteiger partial charge in [0.2, 0.25) is 6.08 Å². The summed E-state index contributed by atoms with van der Waals surface area (Å²) in [6.45, 7) is 3.64. The van der Waals surface area contributed by atoms with Crippen LogP contribution in [0.25, 0.3) is 0 Å². The predicted octanol–water partition coefficient (Wildman–Crippen LogP) is 5.58. The Balaban J connectivity index is 3.26. The summed E-state index contributed by atoms with van der Waals surface area (Å²) in [6.07, 6.45) is 17.8. The number of unbranched alkanes of at least 4 members (excludes halogenated alkanes) is 14. The predicted molar refractivity (Wildman–Crippen MR) is 142 cm³/mol. The Morgan fingerprint density at radius 2 is 1.00 bits per heavy atom. The van der Waals surface area contributed by atoms with Gasteiger partial charge in [0.05, 0.1) is 26.4 Å². The van der Waals surface area contributed by atoms with Crippen molar-refractivity contribution in [1.82, 2.24) is 10.6 Å². The lowest BCUT2D eigenvalue weighted by molar-refractivity contribution is -0.128. The van der Waals surface area contributed by atoms with Gasteiger partial charge in [0.25, 0.3) is 6.47 Å². The van der Waals surface area contributed by atoms with E-state index in [-0.39, 0.29) is 12.2 Å². The Morgan fingerprint density at radius 3 is 1.46 bits per heavy atom. The molecule has 0 rings (SSSR count). The molecule has 10 heteroatoms. The molecule has 214 valence electrons. The molecule has 0 fully saturated rings. The first-order chi connectivity index (χ1) is 18.2. The summed E-state index contributed by atoms with van der Waals surface area (Å²) < 4.78 is 15.0. The number of amides is 2. The smallest absolute Gasteiger partial charge is 0.407 e. The second kappa shape index (κ2) is 29.6. The molecule has 0 aromatic rings. The van der Waals surface area contributed by atoms with Gasteiger partial charge >= 0.3 is 12.2 Å². The molecular weight excluding hydrogens is 478 g/mol. The van der Waals surface area contributed by atoms with Gasteiger partial charge in [-0.3, -0.25) is 4.79 Å². The van der Waals surface area contributed by atoms with E-state index in [0.29, 0.717) is 45.9 Å². The standard InChI is InChI=1S/C27H49N3O7/c31-24-28-18-12-6-5-11-17-23-37-27(34)30-20-14-8-4-7-13-19-29-26(33)36-22-16-10-3-1-2-9-15-21-35-25-32/h25H,1-23H2,(H,29,33)(H,30,34). The average Bonchev–Trinajstić information content (AvgIpc) is 2.89. The highest BCUT2D eigenvalue weighted by atomic mass is 16.6. The number of ether oxygens (including phenoxy) is 3. The summed E-state index contributed by atoms with van der Waals surface area (Å²) >= 11 is 0. The van der Waals surface area contributed by atoms with Crippen molar-refractivity contribution in [2.45, 2.75) is 109 Å². The van der Waals surface area contributed by atoms with Crippen LogP contribution in [0.2, 0.25) is 0 Å². The Morgan fingerprint density at radius 1 is 0.595 bits per heavy atom. The molecule has 2 N–H and O–H groups in total. The van der Waals surface area contributed by atoms with Crippen LogP contribution in [0.15, 0.2) is 4.99 Å². The summed E-state index contributed by atoms with van der Waals surface area (Å²) in [5.41, 5.74) is 0. The molecule has 0 saturated carbocycles. The zero-order chi connectivity index (χ0) is 27.1. The molecule has 0 heterocycles. The van der Waals surface area contributed by atoms with Crippen molar-refractivity contribution in [3.63, 3.8) is 0 Å². The first-order valence-corrected chi connectivity index (χ1v) is 14.1. The van der Waals surface area contributed by atoms with Crippen molar-refractivity contribution in [3.8, 4) is 0 Å². The van der Waals surface area contributed by atoms with Gasteiger partial charge in [0.15, 0.2) is 0 Å². The Labute approximate surface area is 222 Å². The van der Waals surface area contributed by atoms with E-state index in [2.05, 4.69) is 20.4 Å². The van der Waals surface area contributed by atoms with Crippen molar-refractivity contribution in [2.75, 3.05) is 39.5 Å². The number of aliphatic imine (C=N–C) groups is 1. The summed E-state index contributed by atoms with van der Waals surface area (Å²) in [7, 11) is 0. The van der Waals surface area contributed by atoms with E-state index >= 15 is 0 Å². The van der Waals surface area contributed by atoms with Crippen LogP contribution in [0.1, 0.15) is 109 Å². The molecule has 0 bridgehead atoms. The minimum Gasteiger partial charge on any atom is -0.468 e. The molecule has 0 aliphatic rings. The van der Waals surface area contributed by atoms with Gasteiger partial charge in [-0.05, 0) is 38.5 Å². The van der Waals surface area contributed by atoms with Gasteiger partial charge in [-0.25, -0.2) is 19.4 Å². The quantitative estimate of drug-likeness (QED) is 0.0468. The number of carbonyl (C=O) groups excluding carboxylic acids is 4. The number of hydrogen-bond donors (Lipinski definition) is 2. The molecule has 0 unspecified atom stereocenters. The van der Waals surface area contributed by atoms with Crippen molar-refractivity contribution in [3.05, 3.63) is 0 Å². The lowest BCUT2D eigenvalue weighted by Crippen LogP contribution is -2.26. The maximum Gasteiger partial charge on any atom is 0.407 e. The monoisotopic (exact) mass is 527 g/mol. The largest absolute Gasteiger partial charge is 0.468 e. The lowest BCUT2D eigenvalue weighted by Gasteiger charge is -2.08. The van der Waals surface area contributed by atoms with E-state index in [1.807, 2.05) is 0 Å². The first-order valence-electron chi connectivity index (χ1n) is 14.1. The van der Waals surface area contributed by atoms with E-state index in [1.165, 1.54) is 6.08 Å². The molecule has 2 amide bonds. The SMILES string of the molecule is O=C=NCCCCCCCOC(=O)NCCCCCCCNC(=O)OCCCCCCCCCOC=O. The van der Waals surface area contributed by atoms with Gasteiger partial charge in [-0.15, -0.1) is 0 Å². The molecule has 0 aliphatic heterocycles. The fraction of sp³-hybridized carbons (Fsp3) is 0.852. The fourth-order valence-electron chi connectivity index (χ4n) is 3.68. The molecular formula is C27H49N3O7. The maximum absolute atomic E-state index is 11.7. The Hall–Kier alpha value is -2.61. The molecule has 0 aromatic heterocycles. The third kappa shape index (κ3) is 29.5. The summed E-state index contributed by atoms with van der Waals surface area (Å²) in [5.74, 6) is 0. The number of hydrogen-bond acceptors (Lipinski definition) is 8. The zero-order valence-corrected chi connectivity index (χ0v) is 22.6. The van der Waals surface area contributed by atoms with Crippen LogP contribution >= 0.6 is 0 Å². The van der Waals surface area contributed by atoms with E-state index in [4.69, 9.17) is 9.47 Å². The van der Waals surface area contributed by atoms with Crippen LogP contribution in [-0.2, 0) is 23.8 Å². The molecule has 0 aromatic carbocycles. The molecule has 0 spiro atoms. The third-order valence-corrected chi connectivity index (χ3v) is 5.81. The third-order valence-electron chi connectivity index (χ3n) is 5.81. The maximum atomic E-state index is 11.7. The van der Waals surface area contributed by atoms with Gasteiger partial charge in [-0.1, -0.05) is 70.6 Å². The minimum atomic E-state index is -0.360. The number of rotatable bonds is 27.